The zero-order valence-electron chi connectivity index (χ0n) is 17.7. The van der Waals surface area contributed by atoms with Crippen LogP contribution in [0.3, 0.4) is 0 Å². The molecule has 4 aromatic carbocycles. The SMILES string of the molecule is Cc1cc(NC(=S)NC(=O)c2cccc3c(Br)cccc23)ccc1NC(=O)c1ccccc1. The first-order valence-corrected chi connectivity index (χ1v) is 11.4. The van der Waals surface area contributed by atoms with Crippen LogP contribution in [0.25, 0.3) is 10.8 Å². The maximum Gasteiger partial charge on any atom is 0.258 e. The van der Waals surface area contributed by atoms with Crippen LogP contribution in [0, 0.1) is 6.92 Å². The van der Waals surface area contributed by atoms with Crippen molar-refractivity contribution in [2.75, 3.05) is 10.6 Å². The van der Waals surface area contributed by atoms with Crippen LogP contribution in [0.4, 0.5) is 11.4 Å². The van der Waals surface area contributed by atoms with Crippen LogP contribution in [-0.2, 0) is 0 Å². The molecule has 4 aromatic rings. The van der Waals surface area contributed by atoms with Crippen LogP contribution in [0.2, 0.25) is 0 Å². The molecule has 0 saturated heterocycles. The van der Waals surface area contributed by atoms with Crippen molar-refractivity contribution in [1.29, 1.82) is 0 Å². The predicted molar refractivity (Wildman–Crippen MR) is 141 cm³/mol. The number of halogens is 1. The predicted octanol–water partition coefficient (Wildman–Crippen LogP) is 6.29. The summed E-state index contributed by atoms with van der Waals surface area (Å²) in [7, 11) is 0. The summed E-state index contributed by atoms with van der Waals surface area (Å²) in [4.78, 5) is 25.2. The minimum atomic E-state index is -0.292. The molecule has 0 fully saturated rings. The lowest BCUT2D eigenvalue weighted by Crippen LogP contribution is -2.34. The number of hydrogen-bond donors (Lipinski definition) is 3. The monoisotopic (exact) mass is 517 g/mol. The average Bonchev–Trinajstić information content (AvgIpc) is 2.81. The van der Waals surface area contributed by atoms with Crippen LogP contribution in [0.5, 0.6) is 0 Å². The fraction of sp³-hybridized carbons (Fsp3) is 0.0385. The number of benzene rings is 4. The summed E-state index contributed by atoms with van der Waals surface area (Å²) < 4.78 is 0.922. The molecule has 5 nitrogen and oxygen atoms in total. The third kappa shape index (κ3) is 5.27. The molecular weight excluding hydrogens is 498 g/mol. The van der Waals surface area contributed by atoms with Crippen molar-refractivity contribution in [1.82, 2.24) is 5.32 Å². The van der Waals surface area contributed by atoms with Gasteiger partial charge >= 0.3 is 0 Å². The second kappa shape index (κ2) is 9.94. The molecule has 0 unspecified atom stereocenters. The largest absolute Gasteiger partial charge is 0.332 e. The molecule has 0 heterocycles. The number of aryl methyl sites for hydroxylation is 1. The normalized spacial score (nSPS) is 10.5. The van der Waals surface area contributed by atoms with E-state index >= 15 is 0 Å². The highest BCUT2D eigenvalue weighted by molar-refractivity contribution is 9.10. The number of hydrogen-bond acceptors (Lipinski definition) is 3. The van der Waals surface area contributed by atoms with Gasteiger partial charge in [0.05, 0.1) is 0 Å². The van der Waals surface area contributed by atoms with Gasteiger partial charge in [-0.25, -0.2) is 0 Å². The summed E-state index contributed by atoms with van der Waals surface area (Å²) in [6.07, 6.45) is 0. The summed E-state index contributed by atoms with van der Waals surface area (Å²) in [6, 6.07) is 25.8. The third-order valence-corrected chi connectivity index (χ3v) is 6.00. The van der Waals surface area contributed by atoms with E-state index in [2.05, 4.69) is 31.9 Å². The van der Waals surface area contributed by atoms with E-state index in [0.717, 1.165) is 20.8 Å². The van der Waals surface area contributed by atoms with E-state index in [1.807, 2.05) is 61.5 Å². The Morgan fingerprint density at radius 2 is 1.52 bits per heavy atom. The Labute approximate surface area is 205 Å². The van der Waals surface area contributed by atoms with E-state index in [-0.39, 0.29) is 16.9 Å². The second-order valence-corrected chi connectivity index (χ2v) is 8.66. The van der Waals surface area contributed by atoms with Crippen molar-refractivity contribution in [3.63, 3.8) is 0 Å². The van der Waals surface area contributed by atoms with Gasteiger partial charge in [0.1, 0.15) is 0 Å². The van der Waals surface area contributed by atoms with Crippen LogP contribution in [-0.4, -0.2) is 16.9 Å². The number of carbonyl (C=O) groups excluding carboxylic acids is 2. The van der Waals surface area contributed by atoms with Crippen molar-refractivity contribution >= 4 is 67.2 Å². The number of nitrogens with one attached hydrogen (secondary N) is 3. The van der Waals surface area contributed by atoms with Crippen molar-refractivity contribution in [2.45, 2.75) is 6.92 Å². The number of amides is 2. The number of rotatable bonds is 4. The number of fused-ring (bicyclic) bond motifs is 1. The maximum atomic E-state index is 12.8. The summed E-state index contributed by atoms with van der Waals surface area (Å²) >= 11 is 8.87. The number of thiocarbonyl (C=S) groups is 1. The van der Waals surface area contributed by atoms with Gasteiger partial charge in [0.25, 0.3) is 11.8 Å². The van der Waals surface area contributed by atoms with E-state index in [4.69, 9.17) is 12.2 Å². The highest BCUT2D eigenvalue weighted by atomic mass is 79.9. The molecule has 0 aliphatic heterocycles. The lowest BCUT2D eigenvalue weighted by atomic mass is 10.0. The third-order valence-electron chi connectivity index (χ3n) is 5.11. The van der Waals surface area contributed by atoms with Gasteiger partial charge in [-0.15, -0.1) is 0 Å². The lowest BCUT2D eigenvalue weighted by Gasteiger charge is -2.14. The topological polar surface area (TPSA) is 70.2 Å². The lowest BCUT2D eigenvalue weighted by molar-refractivity contribution is 0.0978. The molecule has 33 heavy (non-hydrogen) atoms. The Kier molecular flexibility index (Phi) is 6.82. The van der Waals surface area contributed by atoms with Crippen molar-refractivity contribution in [3.8, 4) is 0 Å². The van der Waals surface area contributed by atoms with Crippen LogP contribution in [0.15, 0.2) is 89.4 Å². The summed E-state index contributed by atoms with van der Waals surface area (Å²) in [5.41, 5.74) is 3.38. The van der Waals surface area contributed by atoms with E-state index < -0.39 is 0 Å². The molecule has 0 aliphatic rings. The highest BCUT2D eigenvalue weighted by Gasteiger charge is 2.13. The number of anilines is 2. The molecule has 164 valence electrons. The van der Waals surface area contributed by atoms with Gasteiger partial charge < -0.3 is 10.6 Å². The molecule has 0 spiro atoms. The van der Waals surface area contributed by atoms with E-state index in [1.165, 1.54) is 0 Å². The molecule has 7 heteroatoms. The maximum absolute atomic E-state index is 12.8. The molecule has 0 bridgehead atoms. The quantitative estimate of drug-likeness (QED) is 0.278. The molecule has 2 amide bonds. The zero-order valence-corrected chi connectivity index (χ0v) is 20.1. The van der Waals surface area contributed by atoms with Gasteiger partial charge in [0.2, 0.25) is 0 Å². The van der Waals surface area contributed by atoms with Gasteiger partial charge in [0.15, 0.2) is 5.11 Å². The molecule has 0 atom stereocenters. The van der Waals surface area contributed by atoms with Gasteiger partial charge in [-0.2, -0.15) is 0 Å². The minimum absolute atomic E-state index is 0.177. The summed E-state index contributed by atoms with van der Waals surface area (Å²) in [5.74, 6) is -0.469. The summed E-state index contributed by atoms with van der Waals surface area (Å²) in [6.45, 7) is 1.89. The molecule has 0 aliphatic carbocycles. The molecular formula is C26H20BrN3O2S. The van der Waals surface area contributed by atoms with Gasteiger partial charge in [-0.3, -0.25) is 14.9 Å². The highest BCUT2D eigenvalue weighted by Crippen LogP contribution is 2.26. The molecule has 3 N–H and O–H groups in total. The van der Waals surface area contributed by atoms with Gasteiger partial charge in [-0.05, 0) is 77.9 Å². The van der Waals surface area contributed by atoms with E-state index in [9.17, 15) is 9.59 Å². The molecule has 4 rings (SSSR count). The first kappa shape index (κ1) is 22.6. The Bertz CT molecular complexity index is 1370. The minimum Gasteiger partial charge on any atom is -0.332 e. The Hall–Kier alpha value is -3.55. The molecule has 0 saturated carbocycles. The average molecular weight is 518 g/mol. The van der Waals surface area contributed by atoms with Crippen molar-refractivity contribution in [3.05, 3.63) is 106 Å². The number of carbonyl (C=O) groups is 2. The Balaban J connectivity index is 1.43. The summed E-state index contributed by atoms with van der Waals surface area (Å²) in [5, 5.41) is 10.7. The Morgan fingerprint density at radius 1 is 0.788 bits per heavy atom. The standard InChI is InChI=1S/C26H20BrN3O2S/c1-16-15-18(13-14-23(16)29-24(31)17-7-3-2-4-8-17)28-26(33)30-25(32)21-11-5-10-20-19(21)9-6-12-22(20)27/h2-15H,1H3,(H,29,31)(H2,28,30,32,33). The van der Waals surface area contributed by atoms with Gasteiger partial charge in [-0.1, -0.05) is 58.4 Å². The fourth-order valence-corrected chi connectivity index (χ4v) is 4.18. The van der Waals surface area contributed by atoms with Crippen LogP contribution in [0.1, 0.15) is 26.3 Å². The van der Waals surface area contributed by atoms with E-state index in [0.29, 0.717) is 22.5 Å². The molecule has 0 radical (unpaired) electrons. The Morgan fingerprint density at radius 3 is 2.27 bits per heavy atom. The van der Waals surface area contributed by atoms with Crippen molar-refractivity contribution < 1.29 is 9.59 Å². The first-order valence-electron chi connectivity index (χ1n) is 10.2. The smallest absolute Gasteiger partial charge is 0.258 e. The van der Waals surface area contributed by atoms with Crippen LogP contribution >= 0.6 is 28.1 Å². The zero-order chi connectivity index (χ0) is 23.4. The van der Waals surface area contributed by atoms with Crippen molar-refractivity contribution in [2.24, 2.45) is 0 Å². The molecule has 0 aromatic heterocycles. The second-order valence-electron chi connectivity index (χ2n) is 7.40. The fourth-order valence-electron chi connectivity index (χ4n) is 3.47. The first-order chi connectivity index (χ1) is 15.9. The van der Waals surface area contributed by atoms with Gasteiger partial charge in [0, 0.05) is 27.0 Å². The van der Waals surface area contributed by atoms with Crippen LogP contribution < -0.4 is 16.0 Å². The van der Waals surface area contributed by atoms with E-state index in [1.54, 1.807) is 30.3 Å².